The first-order valence-electron chi connectivity index (χ1n) is 7.47. The fourth-order valence-corrected chi connectivity index (χ4v) is 4.01. The molecule has 0 amide bonds. The van der Waals surface area contributed by atoms with E-state index < -0.39 is 0 Å². The highest BCUT2D eigenvalue weighted by Gasteiger charge is 2.30. The first-order chi connectivity index (χ1) is 9.58. The van der Waals surface area contributed by atoms with Crippen molar-refractivity contribution >= 4 is 23.3 Å². The molecule has 0 spiro atoms. The third-order valence-corrected chi connectivity index (χ3v) is 4.95. The van der Waals surface area contributed by atoms with Crippen molar-refractivity contribution in [3.63, 3.8) is 0 Å². The minimum Gasteiger partial charge on any atom is -0.330 e. The van der Waals surface area contributed by atoms with E-state index in [4.69, 9.17) is 12.2 Å². The molecule has 1 aliphatic carbocycles. The number of halogens is 1. The van der Waals surface area contributed by atoms with Crippen LogP contribution < -0.4 is 0 Å². The Balaban J connectivity index is 2.12. The molecule has 0 bridgehead atoms. The monoisotopic (exact) mass is 292 g/mol. The smallest absolute Gasteiger partial charge is 0.178 e. The molecule has 1 saturated carbocycles. The molecule has 2 nitrogen and oxygen atoms in total. The third-order valence-electron chi connectivity index (χ3n) is 4.65. The summed E-state index contributed by atoms with van der Waals surface area (Å²) in [6.07, 6.45) is 4.99. The summed E-state index contributed by atoms with van der Waals surface area (Å²) >= 11 is 5.50. The van der Waals surface area contributed by atoms with E-state index in [-0.39, 0.29) is 5.82 Å². The molecular formula is C16H21FN2S. The minimum atomic E-state index is -0.218. The van der Waals surface area contributed by atoms with Gasteiger partial charge in [-0.15, -0.1) is 0 Å². The van der Waals surface area contributed by atoms with Crippen LogP contribution >= 0.6 is 12.2 Å². The van der Waals surface area contributed by atoms with Crippen LogP contribution in [0.4, 0.5) is 4.39 Å². The van der Waals surface area contributed by atoms with Crippen molar-refractivity contribution in [2.24, 2.45) is 11.8 Å². The van der Waals surface area contributed by atoms with E-state index in [0.29, 0.717) is 17.9 Å². The van der Waals surface area contributed by atoms with Gasteiger partial charge in [0.2, 0.25) is 0 Å². The van der Waals surface area contributed by atoms with Crippen LogP contribution in [0.1, 0.15) is 45.6 Å². The number of benzene rings is 1. The van der Waals surface area contributed by atoms with Gasteiger partial charge in [-0.2, -0.15) is 0 Å². The summed E-state index contributed by atoms with van der Waals surface area (Å²) < 4.78 is 16.3. The molecule has 3 rings (SSSR count). The maximum Gasteiger partial charge on any atom is 0.178 e. The zero-order chi connectivity index (χ0) is 14.3. The molecule has 1 aromatic carbocycles. The Labute approximate surface area is 124 Å². The average molecular weight is 292 g/mol. The number of fused-ring (bicyclic) bond motifs is 1. The van der Waals surface area contributed by atoms with Crippen LogP contribution in [0, 0.1) is 22.4 Å². The first kappa shape index (κ1) is 13.8. The molecule has 0 saturated heterocycles. The number of nitrogens with zero attached hydrogens (tertiary/aromatic N) is 1. The van der Waals surface area contributed by atoms with Crippen LogP contribution in [0.25, 0.3) is 11.0 Å². The number of nitrogens with one attached hydrogen (secondary N) is 1. The van der Waals surface area contributed by atoms with Gasteiger partial charge in [0, 0.05) is 6.04 Å². The molecule has 1 heterocycles. The second-order valence-corrected chi connectivity index (χ2v) is 6.61. The Hall–Kier alpha value is -1.16. The average Bonchev–Trinajstić information content (AvgIpc) is 2.73. The molecule has 0 radical (unpaired) electrons. The van der Waals surface area contributed by atoms with Crippen molar-refractivity contribution < 1.29 is 4.39 Å². The number of hydrogen-bond acceptors (Lipinski definition) is 1. The summed E-state index contributed by atoms with van der Waals surface area (Å²) in [5.41, 5.74) is 1.84. The molecule has 2 atom stereocenters. The zero-order valence-corrected chi connectivity index (χ0v) is 12.8. The number of hydrogen-bond donors (Lipinski definition) is 1. The predicted octanol–water partition coefficient (Wildman–Crippen LogP) is 5.23. The lowest BCUT2D eigenvalue weighted by atomic mass is 9.77. The maximum atomic E-state index is 13.4. The highest BCUT2D eigenvalue weighted by molar-refractivity contribution is 7.71. The van der Waals surface area contributed by atoms with Crippen molar-refractivity contribution in [1.29, 1.82) is 0 Å². The molecule has 4 heteroatoms. The lowest BCUT2D eigenvalue weighted by molar-refractivity contribution is 0.186. The molecule has 1 fully saturated rings. The van der Waals surface area contributed by atoms with Crippen molar-refractivity contribution in [2.75, 3.05) is 0 Å². The topological polar surface area (TPSA) is 20.7 Å². The molecular weight excluding hydrogens is 271 g/mol. The fraction of sp³-hybridized carbons (Fsp3) is 0.562. The standard InChI is InChI=1S/C16H21FN2S/c1-10(2)12-5-3-4-6-14(12)19-15-8-7-11(17)9-13(15)18-16(19)20/h7-10,12,14H,3-6H2,1-2H3,(H,18,20). The van der Waals surface area contributed by atoms with E-state index in [9.17, 15) is 4.39 Å². The normalized spacial score (nSPS) is 23.6. The molecule has 0 aliphatic heterocycles. The number of aromatic nitrogens is 2. The van der Waals surface area contributed by atoms with Gasteiger partial charge in [0.05, 0.1) is 11.0 Å². The number of rotatable bonds is 2. The molecule has 108 valence electrons. The quantitative estimate of drug-likeness (QED) is 0.752. The Morgan fingerprint density at radius 3 is 2.80 bits per heavy atom. The predicted molar refractivity (Wildman–Crippen MR) is 82.9 cm³/mol. The van der Waals surface area contributed by atoms with Crippen LogP contribution in [0.2, 0.25) is 0 Å². The minimum absolute atomic E-state index is 0.218. The van der Waals surface area contributed by atoms with Crippen LogP contribution in [0.3, 0.4) is 0 Å². The van der Waals surface area contributed by atoms with Crippen LogP contribution in [-0.4, -0.2) is 9.55 Å². The van der Waals surface area contributed by atoms with E-state index >= 15 is 0 Å². The summed E-state index contributed by atoms with van der Waals surface area (Å²) in [5.74, 6) is 1.08. The molecule has 20 heavy (non-hydrogen) atoms. The Morgan fingerprint density at radius 1 is 1.30 bits per heavy atom. The Bertz CT molecular complexity index is 671. The van der Waals surface area contributed by atoms with Gasteiger partial charge in [0.1, 0.15) is 5.82 Å². The number of imidazole rings is 1. The van der Waals surface area contributed by atoms with E-state index in [2.05, 4.69) is 23.4 Å². The van der Waals surface area contributed by atoms with Gasteiger partial charge in [0.25, 0.3) is 0 Å². The lowest BCUT2D eigenvalue weighted by Crippen LogP contribution is -2.27. The summed E-state index contributed by atoms with van der Waals surface area (Å²) in [5, 5.41) is 0. The summed E-state index contributed by atoms with van der Waals surface area (Å²) in [6, 6.07) is 5.35. The SMILES string of the molecule is CC(C)C1CCCCC1n1c(=S)[nH]c2cc(F)ccc21. The van der Waals surface area contributed by atoms with E-state index in [1.165, 1.54) is 37.8 Å². The van der Waals surface area contributed by atoms with Crippen LogP contribution in [0.15, 0.2) is 18.2 Å². The molecule has 1 N–H and O–H groups in total. The molecule has 2 unspecified atom stereocenters. The van der Waals surface area contributed by atoms with Crippen molar-refractivity contribution in [2.45, 2.75) is 45.6 Å². The first-order valence-corrected chi connectivity index (χ1v) is 7.88. The molecule has 2 aromatic rings. The molecule has 1 aliphatic rings. The van der Waals surface area contributed by atoms with Crippen LogP contribution in [0.5, 0.6) is 0 Å². The summed E-state index contributed by atoms with van der Waals surface area (Å²) in [6.45, 7) is 4.59. The largest absolute Gasteiger partial charge is 0.330 e. The highest BCUT2D eigenvalue weighted by Crippen LogP contribution is 2.40. The summed E-state index contributed by atoms with van der Waals surface area (Å²) in [4.78, 5) is 3.16. The zero-order valence-electron chi connectivity index (χ0n) is 12.0. The van der Waals surface area contributed by atoms with E-state index in [1.807, 2.05) is 6.07 Å². The second kappa shape index (κ2) is 5.32. The molecule has 1 aromatic heterocycles. The third kappa shape index (κ3) is 2.30. The number of aromatic amines is 1. The Kier molecular flexibility index (Phi) is 3.67. The fourth-order valence-electron chi connectivity index (χ4n) is 3.67. The van der Waals surface area contributed by atoms with Gasteiger partial charge in [0.15, 0.2) is 4.77 Å². The van der Waals surface area contributed by atoms with Gasteiger partial charge in [-0.25, -0.2) is 4.39 Å². The van der Waals surface area contributed by atoms with Crippen molar-refractivity contribution in [1.82, 2.24) is 9.55 Å². The van der Waals surface area contributed by atoms with Gasteiger partial charge in [-0.05, 0) is 55.1 Å². The van der Waals surface area contributed by atoms with Gasteiger partial charge >= 0.3 is 0 Å². The van der Waals surface area contributed by atoms with Gasteiger partial charge in [-0.1, -0.05) is 26.7 Å². The van der Waals surface area contributed by atoms with Gasteiger partial charge < -0.3 is 9.55 Å². The maximum absolute atomic E-state index is 13.4. The second-order valence-electron chi connectivity index (χ2n) is 6.22. The summed E-state index contributed by atoms with van der Waals surface area (Å²) in [7, 11) is 0. The highest BCUT2D eigenvalue weighted by atomic mass is 32.1. The van der Waals surface area contributed by atoms with Crippen molar-refractivity contribution in [3.8, 4) is 0 Å². The number of H-pyrrole nitrogens is 1. The lowest BCUT2D eigenvalue weighted by Gasteiger charge is -2.35. The Morgan fingerprint density at radius 2 is 2.05 bits per heavy atom. The van der Waals surface area contributed by atoms with Crippen molar-refractivity contribution in [3.05, 3.63) is 28.8 Å². The van der Waals surface area contributed by atoms with E-state index in [0.717, 1.165) is 15.8 Å². The van der Waals surface area contributed by atoms with Gasteiger partial charge in [-0.3, -0.25) is 0 Å². The van der Waals surface area contributed by atoms with Crippen LogP contribution in [-0.2, 0) is 0 Å². The van der Waals surface area contributed by atoms with E-state index in [1.54, 1.807) is 0 Å².